The number of hydrogen-bond acceptors (Lipinski definition) is 2. The lowest BCUT2D eigenvalue weighted by atomic mass is 10.1. The maximum Gasteiger partial charge on any atom is 0.135 e. The number of methoxy groups -OCH3 is 1. The van der Waals surface area contributed by atoms with Crippen LogP contribution >= 0.6 is 0 Å². The summed E-state index contributed by atoms with van der Waals surface area (Å²) in [7, 11) is 1.70. The van der Waals surface area contributed by atoms with Crippen LogP contribution in [0.2, 0.25) is 0 Å². The van der Waals surface area contributed by atoms with Crippen LogP contribution in [0.25, 0.3) is 16.7 Å². The SMILES string of the molecule is CCc1c(OC)ccc2c1cc1n2CCC=C1O. The lowest BCUT2D eigenvalue weighted by Crippen LogP contribution is -2.06. The molecule has 0 saturated carbocycles. The predicted octanol–water partition coefficient (Wildman–Crippen LogP) is 3.51. The van der Waals surface area contributed by atoms with Gasteiger partial charge in [-0.25, -0.2) is 0 Å². The highest BCUT2D eigenvalue weighted by atomic mass is 16.5. The summed E-state index contributed by atoms with van der Waals surface area (Å²) in [5, 5.41) is 11.2. The molecule has 2 aromatic rings. The molecule has 1 aromatic carbocycles. The molecule has 0 fully saturated rings. The molecule has 0 unspecified atom stereocenters. The smallest absolute Gasteiger partial charge is 0.135 e. The molecule has 2 heterocycles. The van der Waals surface area contributed by atoms with E-state index in [2.05, 4.69) is 23.6 Å². The van der Waals surface area contributed by atoms with E-state index in [9.17, 15) is 5.11 Å². The Hall–Kier alpha value is -1.90. The largest absolute Gasteiger partial charge is 0.506 e. The zero-order valence-electron chi connectivity index (χ0n) is 10.7. The number of rotatable bonds is 2. The topological polar surface area (TPSA) is 34.4 Å². The molecule has 0 bridgehead atoms. The summed E-state index contributed by atoms with van der Waals surface area (Å²) in [6, 6.07) is 6.17. The van der Waals surface area contributed by atoms with Crippen molar-refractivity contribution in [3.05, 3.63) is 35.5 Å². The van der Waals surface area contributed by atoms with E-state index < -0.39 is 0 Å². The Labute approximate surface area is 106 Å². The van der Waals surface area contributed by atoms with Crippen LogP contribution in [0, 0.1) is 0 Å². The van der Waals surface area contributed by atoms with Gasteiger partial charge >= 0.3 is 0 Å². The zero-order valence-corrected chi connectivity index (χ0v) is 10.7. The number of ether oxygens (including phenoxy) is 1. The Morgan fingerprint density at radius 2 is 2.22 bits per heavy atom. The number of aliphatic hydroxyl groups excluding tert-OH is 1. The molecule has 1 N–H and O–H groups in total. The van der Waals surface area contributed by atoms with E-state index in [0.717, 1.165) is 30.8 Å². The zero-order chi connectivity index (χ0) is 12.7. The standard InChI is InChI=1S/C15H17NO2/c1-3-10-11-9-13-14(17)5-4-8-16(13)12(11)6-7-15(10)18-2/h5-7,9,17H,3-4,8H2,1-2H3. The average molecular weight is 243 g/mol. The first-order valence-corrected chi connectivity index (χ1v) is 6.35. The van der Waals surface area contributed by atoms with E-state index in [1.165, 1.54) is 16.5 Å². The first-order chi connectivity index (χ1) is 8.76. The van der Waals surface area contributed by atoms with Crippen molar-refractivity contribution in [1.29, 1.82) is 0 Å². The molecule has 3 nitrogen and oxygen atoms in total. The van der Waals surface area contributed by atoms with Crippen molar-refractivity contribution in [2.45, 2.75) is 26.3 Å². The lowest BCUT2D eigenvalue weighted by molar-refractivity contribution is 0.411. The Kier molecular flexibility index (Phi) is 2.54. The molecule has 3 heteroatoms. The Balaban J connectivity index is 2.34. The quantitative estimate of drug-likeness (QED) is 0.875. The van der Waals surface area contributed by atoms with Crippen LogP contribution in [0.3, 0.4) is 0 Å². The third-order valence-corrected chi connectivity index (χ3v) is 3.68. The van der Waals surface area contributed by atoms with Gasteiger partial charge in [-0.15, -0.1) is 0 Å². The van der Waals surface area contributed by atoms with Gasteiger partial charge in [-0.3, -0.25) is 0 Å². The fourth-order valence-corrected chi connectivity index (χ4v) is 2.82. The van der Waals surface area contributed by atoms with Crippen molar-refractivity contribution < 1.29 is 9.84 Å². The molecule has 0 aliphatic carbocycles. The highest BCUT2D eigenvalue weighted by molar-refractivity contribution is 5.89. The second-order valence-electron chi connectivity index (χ2n) is 4.59. The van der Waals surface area contributed by atoms with Gasteiger partial charge < -0.3 is 14.4 Å². The highest BCUT2D eigenvalue weighted by Gasteiger charge is 2.18. The summed E-state index contributed by atoms with van der Waals surface area (Å²) >= 11 is 0. The summed E-state index contributed by atoms with van der Waals surface area (Å²) in [6.45, 7) is 3.06. The first-order valence-electron chi connectivity index (χ1n) is 6.35. The molecule has 0 saturated heterocycles. The Morgan fingerprint density at radius 1 is 1.39 bits per heavy atom. The van der Waals surface area contributed by atoms with Gasteiger partial charge in [-0.1, -0.05) is 6.92 Å². The van der Waals surface area contributed by atoms with Crippen LogP contribution in [-0.4, -0.2) is 16.8 Å². The maximum atomic E-state index is 9.96. The van der Waals surface area contributed by atoms with E-state index in [1.54, 1.807) is 7.11 Å². The molecule has 1 aliphatic rings. The predicted molar refractivity (Wildman–Crippen MR) is 73.1 cm³/mol. The maximum absolute atomic E-state index is 9.96. The molecule has 0 amide bonds. The number of benzene rings is 1. The van der Waals surface area contributed by atoms with Crippen molar-refractivity contribution in [3.8, 4) is 5.75 Å². The monoisotopic (exact) mass is 243 g/mol. The normalized spacial score (nSPS) is 14.4. The number of aryl methyl sites for hydroxylation is 2. The van der Waals surface area contributed by atoms with Crippen molar-refractivity contribution >= 4 is 16.7 Å². The van der Waals surface area contributed by atoms with Gasteiger partial charge in [0.05, 0.1) is 12.8 Å². The van der Waals surface area contributed by atoms with Crippen LogP contribution in [0.15, 0.2) is 24.3 Å². The highest BCUT2D eigenvalue weighted by Crippen LogP contribution is 2.34. The van der Waals surface area contributed by atoms with Gasteiger partial charge in [0.15, 0.2) is 0 Å². The van der Waals surface area contributed by atoms with E-state index >= 15 is 0 Å². The van der Waals surface area contributed by atoms with Crippen LogP contribution < -0.4 is 4.74 Å². The minimum Gasteiger partial charge on any atom is -0.506 e. The summed E-state index contributed by atoms with van der Waals surface area (Å²) in [6.07, 6.45) is 3.70. The average Bonchev–Trinajstić information content (AvgIpc) is 2.77. The van der Waals surface area contributed by atoms with E-state index in [-0.39, 0.29) is 0 Å². The minimum absolute atomic E-state index is 0.387. The second kappa shape index (κ2) is 4.09. The van der Waals surface area contributed by atoms with Crippen molar-refractivity contribution in [2.24, 2.45) is 0 Å². The molecular formula is C15H17NO2. The molecule has 0 spiro atoms. The summed E-state index contributed by atoms with van der Waals surface area (Å²) in [4.78, 5) is 0. The lowest BCUT2D eigenvalue weighted by Gasteiger charge is -2.14. The van der Waals surface area contributed by atoms with Crippen LogP contribution in [0.5, 0.6) is 5.75 Å². The van der Waals surface area contributed by atoms with Crippen LogP contribution in [-0.2, 0) is 13.0 Å². The van der Waals surface area contributed by atoms with E-state index in [1.807, 2.05) is 12.1 Å². The van der Waals surface area contributed by atoms with Gasteiger partial charge in [0.25, 0.3) is 0 Å². The van der Waals surface area contributed by atoms with E-state index in [0.29, 0.717) is 5.76 Å². The number of aliphatic hydroxyl groups is 1. The number of fused-ring (bicyclic) bond motifs is 3. The Morgan fingerprint density at radius 3 is 2.94 bits per heavy atom. The molecule has 0 atom stereocenters. The molecule has 1 aliphatic heterocycles. The summed E-state index contributed by atoms with van der Waals surface area (Å²) < 4.78 is 7.60. The molecule has 94 valence electrons. The van der Waals surface area contributed by atoms with Crippen LogP contribution in [0.4, 0.5) is 0 Å². The molecule has 1 aromatic heterocycles. The van der Waals surface area contributed by atoms with Crippen molar-refractivity contribution in [1.82, 2.24) is 4.57 Å². The second-order valence-corrected chi connectivity index (χ2v) is 4.59. The third kappa shape index (κ3) is 1.43. The van der Waals surface area contributed by atoms with Crippen molar-refractivity contribution in [2.75, 3.05) is 7.11 Å². The van der Waals surface area contributed by atoms with Gasteiger partial charge in [-0.2, -0.15) is 0 Å². The molecular weight excluding hydrogens is 226 g/mol. The summed E-state index contributed by atoms with van der Waals surface area (Å²) in [5.74, 6) is 1.31. The molecule has 0 radical (unpaired) electrons. The van der Waals surface area contributed by atoms with E-state index in [4.69, 9.17) is 4.74 Å². The van der Waals surface area contributed by atoms with Gasteiger partial charge in [-0.05, 0) is 37.1 Å². The number of aromatic nitrogens is 1. The Bertz CT molecular complexity index is 637. The number of hydrogen-bond donors (Lipinski definition) is 1. The number of allylic oxidation sites excluding steroid dienone is 1. The van der Waals surface area contributed by atoms with Gasteiger partial charge in [0.1, 0.15) is 11.5 Å². The van der Waals surface area contributed by atoms with Gasteiger partial charge in [0, 0.05) is 23.0 Å². The third-order valence-electron chi connectivity index (χ3n) is 3.68. The van der Waals surface area contributed by atoms with Crippen LogP contribution in [0.1, 0.15) is 24.6 Å². The fraction of sp³-hybridized carbons (Fsp3) is 0.333. The summed E-state index contributed by atoms with van der Waals surface area (Å²) in [5.41, 5.74) is 3.31. The fourth-order valence-electron chi connectivity index (χ4n) is 2.82. The van der Waals surface area contributed by atoms with Crippen molar-refractivity contribution in [3.63, 3.8) is 0 Å². The number of nitrogens with zero attached hydrogens (tertiary/aromatic N) is 1. The van der Waals surface area contributed by atoms with Gasteiger partial charge in [0.2, 0.25) is 0 Å². The first kappa shape index (κ1) is 11.2. The molecule has 3 rings (SSSR count). The minimum atomic E-state index is 0.387. The molecule has 18 heavy (non-hydrogen) atoms.